The Labute approximate surface area is 195 Å². The molecule has 0 saturated heterocycles. The average molecular weight is 459 g/mol. The van der Waals surface area contributed by atoms with Crippen LogP contribution in [0.1, 0.15) is 45.7 Å². The van der Waals surface area contributed by atoms with Crippen LogP contribution in [0.15, 0.2) is 54.6 Å². The van der Waals surface area contributed by atoms with Crippen molar-refractivity contribution in [1.82, 2.24) is 5.32 Å². The summed E-state index contributed by atoms with van der Waals surface area (Å²) in [4.78, 5) is 25.8. The predicted octanol–water partition coefficient (Wildman–Crippen LogP) is 4.66. The van der Waals surface area contributed by atoms with Crippen LogP contribution in [-0.4, -0.2) is 36.0 Å². The van der Waals surface area contributed by atoms with Crippen LogP contribution in [0, 0.1) is 0 Å². The molecule has 0 aliphatic carbocycles. The molecule has 3 N–H and O–H groups in total. The largest absolute Gasteiger partial charge is 0.497 e. The molecule has 0 radical (unpaired) electrons. The van der Waals surface area contributed by atoms with Gasteiger partial charge in [0.15, 0.2) is 0 Å². The highest BCUT2D eigenvalue weighted by atomic mass is 32.2. The van der Waals surface area contributed by atoms with E-state index in [9.17, 15) is 9.59 Å². The molecule has 0 bridgehead atoms. The first kappa shape index (κ1) is 25.6. The van der Waals surface area contributed by atoms with E-state index in [1.807, 2.05) is 68.4 Å². The van der Waals surface area contributed by atoms with Crippen LogP contribution >= 0.6 is 11.8 Å². The highest BCUT2D eigenvalue weighted by Crippen LogP contribution is 2.38. The SMILES string of the molecule is COc1ccc(CSCC(NC(=O)OC(C)(C)C)(C(N)=O)C(C)(C)c2ccccc2)cc1. The number of alkyl carbamates (subject to hydrolysis) is 1. The van der Waals surface area contributed by atoms with Crippen LogP contribution in [0.5, 0.6) is 5.75 Å². The van der Waals surface area contributed by atoms with E-state index in [2.05, 4.69) is 5.32 Å². The summed E-state index contributed by atoms with van der Waals surface area (Å²) in [7, 11) is 1.62. The van der Waals surface area contributed by atoms with Gasteiger partial charge in [-0.3, -0.25) is 4.79 Å². The van der Waals surface area contributed by atoms with Gasteiger partial charge in [0.2, 0.25) is 5.91 Å². The highest BCUT2D eigenvalue weighted by molar-refractivity contribution is 7.98. The van der Waals surface area contributed by atoms with E-state index in [1.165, 1.54) is 11.8 Å². The number of benzene rings is 2. The van der Waals surface area contributed by atoms with Crippen LogP contribution in [0.25, 0.3) is 0 Å². The molecule has 2 rings (SSSR count). The maximum Gasteiger partial charge on any atom is 0.408 e. The Morgan fingerprint density at radius 1 is 0.969 bits per heavy atom. The summed E-state index contributed by atoms with van der Waals surface area (Å²) in [5, 5.41) is 2.85. The number of amides is 2. The highest BCUT2D eigenvalue weighted by Gasteiger charge is 2.52. The van der Waals surface area contributed by atoms with E-state index >= 15 is 0 Å². The lowest BCUT2D eigenvalue weighted by Gasteiger charge is -2.45. The van der Waals surface area contributed by atoms with Crippen LogP contribution in [0.4, 0.5) is 4.79 Å². The second kappa shape index (κ2) is 10.3. The van der Waals surface area contributed by atoms with Gasteiger partial charge >= 0.3 is 6.09 Å². The van der Waals surface area contributed by atoms with Crippen molar-refractivity contribution >= 4 is 23.8 Å². The fourth-order valence-electron chi connectivity index (χ4n) is 3.44. The zero-order valence-corrected chi connectivity index (χ0v) is 20.5. The molecule has 0 aromatic heterocycles. The molecule has 1 atom stereocenters. The number of thioether (sulfide) groups is 1. The Hall–Kier alpha value is -2.67. The second-order valence-electron chi connectivity index (χ2n) is 9.23. The number of methoxy groups -OCH3 is 1. The molecular formula is C25H34N2O4S. The van der Waals surface area contributed by atoms with Gasteiger partial charge in [-0.2, -0.15) is 11.8 Å². The summed E-state index contributed by atoms with van der Waals surface area (Å²) in [6.45, 7) is 9.16. The maximum absolute atomic E-state index is 13.0. The lowest BCUT2D eigenvalue weighted by molar-refractivity contribution is -0.126. The molecule has 6 nitrogen and oxygen atoms in total. The molecule has 0 aliphatic rings. The van der Waals surface area contributed by atoms with Crippen LogP contribution in [0.3, 0.4) is 0 Å². The zero-order valence-electron chi connectivity index (χ0n) is 19.7. The van der Waals surface area contributed by atoms with Gasteiger partial charge in [-0.1, -0.05) is 56.3 Å². The molecule has 2 amide bonds. The summed E-state index contributed by atoms with van der Waals surface area (Å²) in [6, 6.07) is 17.3. The average Bonchev–Trinajstić information content (AvgIpc) is 2.72. The van der Waals surface area contributed by atoms with E-state index < -0.39 is 28.6 Å². The monoisotopic (exact) mass is 458 g/mol. The Morgan fingerprint density at radius 2 is 1.56 bits per heavy atom. The number of hydrogen-bond acceptors (Lipinski definition) is 5. The Balaban J connectivity index is 2.36. The smallest absolute Gasteiger partial charge is 0.408 e. The van der Waals surface area contributed by atoms with E-state index in [0.717, 1.165) is 16.9 Å². The lowest BCUT2D eigenvalue weighted by Crippen LogP contribution is -2.69. The van der Waals surface area contributed by atoms with Crippen molar-refractivity contribution in [3.63, 3.8) is 0 Å². The van der Waals surface area contributed by atoms with Crippen molar-refractivity contribution in [3.05, 3.63) is 65.7 Å². The number of hydrogen-bond donors (Lipinski definition) is 2. The number of rotatable bonds is 9. The second-order valence-corrected chi connectivity index (χ2v) is 10.2. The van der Waals surface area contributed by atoms with E-state index in [4.69, 9.17) is 15.2 Å². The normalized spacial score (nSPS) is 13.7. The van der Waals surface area contributed by atoms with E-state index in [1.54, 1.807) is 27.9 Å². The fraction of sp³-hybridized carbons (Fsp3) is 0.440. The van der Waals surface area contributed by atoms with Crippen molar-refractivity contribution in [2.24, 2.45) is 5.73 Å². The Kier molecular flexibility index (Phi) is 8.24. The molecule has 7 heteroatoms. The van der Waals surface area contributed by atoms with E-state index in [-0.39, 0.29) is 5.75 Å². The first-order valence-corrected chi connectivity index (χ1v) is 11.6. The van der Waals surface area contributed by atoms with Crippen molar-refractivity contribution in [1.29, 1.82) is 0 Å². The van der Waals surface area contributed by atoms with Gasteiger partial charge in [0.1, 0.15) is 16.9 Å². The van der Waals surface area contributed by atoms with Gasteiger partial charge in [0, 0.05) is 16.9 Å². The molecule has 0 fully saturated rings. The van der Waals surface area contributed by atoms with Crippen molar-refractivity contribution in [2.45, 2.75) is 56.9 Å². The van der Waals surface area contributed by atoms with E-state index in [0.29, 0.717) is 5.75 Å². The molecular weight excluding hydrogens is 424 g/mol. The summed E-state index contributed by atoms with van der Waals surface area (Å²) in [5.41, 5.74) is 5.06. The fourth-order valence-corrected chi connectivity index (χ4v) is 4.85. The third-order valence-electron chi connectivity index (χ3n) is 5.44. The molecule has 0 spiro atoms. The van der Waals surface area contributed by atoms with Gasteiger partial charge in [-0.05, 0) is 44.0 Å². The number of primary amides is 1. The van der Waals surface area contributed by atoms with Gasteiger partial charge in [0.05, 0.1) is 7.11 Å². The standard InChI is InChI=1S/C25H34N2O4S/c1-23(2,3)31-22(29)27-25(21(26)28,24(4,5)19-10-8-7-9-11-19)17-32-16-18-12-14-20(30-6)15-13-18/h7-15H,16-17H2,1-6H3,(H2,26,28)(H,27,29). The molecule has 2 aromatic rings. The summed E-state index contributed by atoms with van der Waals surface area (Å²) >= 11 is 1.52. The van der Waals surface area contributed by atoms with Crippen molar-refractivity contribution < 1.29 is 19.1 Å². The first-order valence-electron chi connectivity index (χ1n) is 10.5. The minimum atomic E-state index is -1.38. The molecule has 0 aliphatic heterocycles. The molecule has 2 aromatic carbocycles. The molecule has 0 saturated carbocycles. The van der Waals surface area contributed by atoms with Gasteiger partial charge in [-0.25, -0.2) is 4.79 Å². The first-order chi connectivity index (χ1) is 14.9. The van der Waals surface area contributed by atoms with Crippen LogP contribution < -0.4 is 15.8 Å². The van der Waals surface area contributed by atoms with Crippen molar-refractivity contribution in [3.8, 4) is 5.75 Å². The number of nitrogens with two attached hydrogens (primary N) is 1. The Morgan fingerprint density at radius 3 is 2.06 bits per heavy atom. The molecule has 32 heavy (non-hydrogen) atoms. The number of carbonyl (C=O) groups excluding carboxylic acids is 2. The van der Waals surface area contributed by atoms with Crippen molar-refractivity contribution in [2.75, 3.05) is 12.9 Å². The van der Waals surface area contributed by atoms with Crippen LogP contribution in [0.2, 0.25) is 0 Å². The third-order valence-corrected chi connectivity index (χ3v) is 6.62. The molecule has 0 heterocycles. The minimum absolute atomic E-state index is 0.273. The number of carbonyl (C=O) groups is 2. The zero-order chi connectivity index (χ0) is 24.0. The number of ether oxygens (including phenoxy) is 2. The summed E-state index contributed by atoms with van der Waals surface area (Å²) in [6.07, 6.45) is -0.676. The summed E-state index contributed by atoms with van der Waals surface area (Å²) in [5.74, 6) is 1.08. The minimum Gasteiger partial charge on any atom is -0.497 e. The third kappa shape index (κ3) is 6.19. The molecule has 174 valence electrons. The maximum atomic E-state index is 13.0. The van der Waals surface area contributed by atoms with Gasteiger partial charge in [0.25, 0.3) is 0 Å². The number of nitrogens with one attached hydrogen (secondary N) is 1. The topological polar surface area (TPSA) is 90.7 Å². The summed E-state index contributed by atoms with van der Waals surface area (Å²) < 4.78 is 10.7. The lowest BCUT2D eigenvalue weighted by atomic mass is 9.68. The Bertz CT molecular complexity index is 908. The van der Waals surface area contributed by atoms with Gasteiger partial charge < -0.3 is 20.5 Å². The van der Waals surface area contributed by atoms with Gasteiger partial charge in [-0.15, -0.1) is 0 Å². The van der Waals surface area contributed by atoms with Crippen LogP contribution in [-0.2, 0) is 20.7 Å². The quantitative estimate of drug-likeness (QED) is 0.571. The predicted molar refractivity (Wildman–Crippen MR) is 130 cm³/mol. The molecule has 1 unspecified atom stereocenters.